The van der Waals surface area contributed by atoms with Crippen LogP contribution in [0.3, 0.4) is 0 Å². The minimum atomic E-state index is -0.809. The van der Waals surface area contributed by atoms with Gasteiger partial charge in [-0.15, -0.1) is 0 Å². The molecule has 1 rings (SSSR count). The lowest BCUT2D eigenvalue weighted by Gasteiger charge is -2.47. The van der Waals surface area contributed by atoms with E-state index in [4.69, 9.17) is 9.47 Å². The molecule has 1 aliphatic heterocycles. The maximum Gasteiger partial charge on any atom is 0.410 e. The Bertz CT molecular complexity index is 238. The molecule has 88 valence electrons. The van der Waals surface area contributed by atoms with E-state index in [1.54, 1.807) is 20.8 Å². The van der Waals surface area contributed by atoms with Crippen molar-refractivity contribution in [2.75, 3.05) is 26.9 Å². The van der Waals surface area contributed by atoms with Gasteiger partial charge in [0.05, 0.1) is 13.1 Å². The average molecular weight is 219 g/mol. The molecule has 15 heavy (non-hydrogen) atoms. The molecule has 1 saturated heterocycles. The predicted molar refractivity (Wildman–Crippen MR) is 53.5 cm³/mol. The Kier molecular flexibility index (Phi) is 3.23. The molecule has 0 spiro atoms. The molecular weight excluding hydrogens is 201 g/mol. The number of nitrogens with zero attached hydrogens (tertiary/aromatic N) is 1. The highest BCUT2D eigenvalue weighted by Gasteiger charge is 2.47. The Morgan fingerprint density at radius 3 is 2.33 bits per heavy atom. The van der Waals surface area contributed by atoms with Crippen LogP contribution in [0.1, 0.15) is 20.8 Å². The molecule has 5 heteroatoms. The van der Waals surface area contributed by atoms with Crippen LogP contribution >= 0.6 is 0 Å². The Morgan fingerprint density at radius 2 is 2.00 bits per heavy atom. The van der Waals surface area contributed by atoms with Crippen molar-refractivity contribution >= 4 is 6.09 Å². The van der Waals surface area contributed by atoms with Gasteiger partial charge in [0.2, 0.25) is 0 Å². The Hall–Kier alpha value is -0.840. The molecule has 0 aromatic rings. The predicted octanol–water partition coefficient (Wildman–Crippen LogP) is 1.59. The zero-order valence-electron chi connectivity index (χ0n) is 9.67. The monoisotopic (exact) mass is 219 g/mol. The van der Waals surface area contributed by atoms with Gasteiger partial charge in [0.15, 0.2) is 0 Å². The maximum atomic E-state index is 12.6. The van der Waals surface area contributed by atoms with Gasteiger partial charge in [-0.2, -0.15) is 0 Å². The summed E-state index contributed by atoms with van der Waals surface area (Å²) in [7, 11) is 1.45. The fraction of sp³-hybridized carbons (Fsp3) is 0.900. The van der Waals surface area contributed by atoms with Gasteiger partial charge in [-0.1, -0.05) is 0 Å². The van der Waals surface area contributed by atoms with E-state index < -0.39 is 24.0 Å². The number of hydrogen-bond donors (Lipinski definition) is 0. The largest absolute Gasteiger partial charge is 0.444 e. The van der Waals surface area contributed by atoms with Crippen LogP contribution in [0.2, 0.25) is 0 Å². The Balaban J connectivity index is 2.42. The summed E-state index contributed by atoms with van der Waals surface area (Å²) in [4.78, 5) is 12.9. The molecule has 1 heterocycles. The van der Waals surface area contributed by atoms with E-state index in [0.29, 0.717) is 0 Å². The fourth-order valence-electron chi connectivity index (χ4n) is 1.37. The highest BCUT2D eigenvalue weighted by atomic mass is 19.1. The van der Waals surface area contributed by atoms with Crippen molar-refractivity contribution in [3.05, 3.63) is 0 Å². The molecule has 0 saturated carbocycles. The highest BCUT2D eigenvalue weighted by Crippen LogP contribution is 2.26. The summed E-state index contributed by atoms with van der Waals surface area (Å²) in [6, 6.07) is 0. The molecular formula is C10H18FNO3. The molecule has 0 aromatic carbocycles. The van der Waals surface area contributed by atoms with E-state index in [0.717, 1.165) is 0 Å². The molecule has 1 amide bonds. The summed E-state index contributed by atoms with van der Waals surface area (Å²) in [6.45, 7) is 5.32. The van der Waals surface area contributed by atoms with Crippen molar-refractivity contribution in [3.63, 3.8) is 0 Å². The number of methoxy groups -OCH3 is 1. The van der Waals surface area contributed by atoms with Crippen LogP contribution in [0.4, 0.5) is 9.18 Å². The summed E-state index contributed by atoms with van der Waals surface area (Å²) in [5.74, 6) is 0. The molecule has 4 nitrogen and oxygen atoms in total. The van der Waals surface area contributed by atoms with Crippen LogP contribution in [0.25, 0.3) is 0 Å². The van der Waals surface area contributed by atoms with Crippen molar-refractivity contribution in [2.24, 2.45) is 0 Å². The third-order valence-electron chi connectivity index (χ3n) is 2.29. The summed E-state index contributed by atoms with van der Waals surface area (Å²) < 4.78 is 22.7. The van der Waals surface area contributed by atoms with Gasteiger partial charge in [0.1, 0.15) is 17.9 Å². The molecule has 0 unspecified atom stereocenters. The number of amides is 1. The average Bonchev–Trinajstić information content (AvgIpc) is 2.00. The first-order valence-corrected chi connectivity index (χ1v) is 4.91. The van der Waals surface area contributed by atoms with E-state index in [1.165, 1.54) is 12.0 Å². The zero-order chi connectivity index (χ0) is 11.7. The summed E-state index contributed by atoms with van der Waals surface area (Å²) in [6.07, 6.45) is -0.413. The van der Waals surface area contributed by atoms with Crippen LogP contribution < -0.4 is 0 Å². The van der Waals surface area contributed by atoms with E-state index in [-0.39, 0.29) is 13.1 Å². The first-order valence-electron chi connectivity index (χ1n) is 4.91. The fourth-order valence-corrected chi connectivity index (χ4v) is 1.37. The second kappa shape index (κ2) is 3.96. The maximum absolute atomic E-state index is 12.6. The quantitative estimate of drug-likeness (QED) is 0.708. The smallest absolute Gasteiger partial charge is 0.410 e. The zero-order valence-corrected chi connectivity index (χ0v) is 9.67. The normalized spacial score (nSPS) is 19.7. The van der Waals surface area contributed by atoms with Crippen LogP contribution in [0.15, 0.2) is 0 Å². The van der Waals surface area contributed by atoms with Gasteiger partial charge < -0.3 is 14.4 Å². The highest BCUT2D eigenvalue weighted by molar-refractivity contribution is 5.69. The molecule has 0 atom stereocenters. The van der Waals surface area contributed by atoms with E-state index in [9.17, 15) is 9.18 Å². The molecule has 1 fully saturated rings. The lowest BCUT2D eigenvalue weighted by molar-refractivity contribution is -0.130. The van der Waals surface area contributed by atoms with Gasteiger partial charge in [0, 0.05) is 7.11 Å². The molecule has 0 N–H and O–H groups in total. The van der Waals surface area contributed by atoms with Gasteiger partial charge in [-0.05, 0) is 20.8 Å². The standard InChI is InChI=1S/C10H18FNO3/c1-9(2,3)15-8(13)12-6-10(5-11,7-12)14-4/h5-7H2,1-4H3. The lowest BCUT2D eigenvalue weighted by atomic mass is 9.96. The number of ether oxygens (including phenoxy) is 2. The van der Waals surface area contributed by atoms with E-state index >= 15 is 0 Å². The van der Waals surface area contributed by atoms with Crippen molar-refractivity contribution in [1.29, 1.82) is 0 Å². The van der Waals surface area contributed by atoms with Crippen LogP contribution in [0, 0.1) is 0 Å². The third-order valence-corrected chi connectivity index (χ3v) is 2.29. The Morgan fingerprint density at radius 1 is 1.47 bits per heavy atom. The lowest BCUT2D eigenvalue weighted by Crippen LogP contribution is -2.66. The minimum Gasteiger partial charge on any atom is -0.444 e. The molecule has 1 aliphatic rings. The summed E-state index contributed by atoms with van der Waals surface area (Å²) in [5, 5.41) is 0. The molecule has 0 aromatic heterocycles. The minimum absolute atomic E-state index is 0.259. The first-order chi connectivity index (χ1) is 6.82. The van der Waals surface area contributed by atoms with Gasteiger partial charge in [-0.3, -0.25) is 0 Å². The van der Waals surface area contributed by atoms with Crippen molar-refractivity contribution in [2.45, 2.75) is 32.0 Å². The summed E-state index contributed by atoms with van der Waals surface area (Å²) in [5.41, 5.74) is -1.32. The number of alkyl halides is 1. The number of hydrogen-bond acceptors (Lipinski definition) is 3. The van der Waals surface area contributed by atoms with Gasteiger partial charge >= 0.3 is 6.09 Å². The van der Waals surface area contributed by atoms with Crippen LogP contribution in [-0.4, -0.2) is 49.1 Å². The van der Waals surface area contributed by atoms with Gasteiger partial charge in [0.25, 0.3) is 0 Å². The van der Waals surface area contributed by atoms with Crippen LogP contribution in [-0.2, 0) is 9.47 Å². The third kappa shape index (κ3) is 2.81. The second-order valence-corrected chi connectivity index (χ2v) is 4.86. The molecule has 0 bridgehead atoms. The van der Waals surface area contributed by atoms with Crippen LogP contribution in [0.5, 0.6) is 0 Å². The van der Waals surface area contributed by atoms with Crippen molar-refractivity contribution in [1.82, 2.24) is 4.90 Å². The molecule has 0 aliphatic carbocycles. The van der Waals surface area contributed by atoms with Crippen molar-refractivity contribution in [3.8, 4) is 0 Å². The SMILES string of the molecule is COC1(CF)CN(C(=O)OC(C)(C)C)C1. The number of rotatable bonds is 2. The summed E-state index contributed by atoms with van der Waals surface area (Å²) >= 11 is 0. The van der Waals surface area contributed by atoms with E-state index in [1.807, 2.05) is 0 Å². The number of carbonyl (C=O) groups excluding carboxylic acids is 1. The van der Waals surface area contributed by atoms with E-state index in [2.05, 4.69) is 0 Å². The topological polar surface area (TPSA) is 38.8 Å². The number of halogens is 1. The van der Waals surface area contributed by atoms with Gasteiger partial charge in [-0.25, -0.2) is 9.18 Å². The number of likely N-dealkylation sites (tertiary alicyclic amines) is 1. The molecule has 0 radical (unpaired) electrons. The van der Waals surface area contributed by atoms with Crippen molar-refractivity contribution < 1.29 is 18.7 Å². The number of carbonyl (C=O) groups is 1. The first kappa shape index (κ1) is 12.2. The second-order valence-electron chi connectivity index (χ2n) is 4.86. The Labute approximate surface area is 89.3 Å².